The summed E-state index contributed by atoms with van der Waals surface area (Å²) in [6, 6.07) is -2.99. The number of likely N-dealkylation sites (N-methyl/N-ethyl adjacent to an activating group) is 1. The van der Waals surface area contributed by atoms with E-state index in [2.05, 4.69) is 10.2 Å². The van der Waals surface area contributed by atoms with E-state index >= 15 is 0 Å². The SMILES string of the molecule is CCN1C2=C(C(N/N=C(\Cl)C(F)(F)F)C(F)(F)F)CCC2=C(C(F)(F)F)N(/N=C(\Cl)C(F)(F)F)C1C. The van der Waals surface area contributed by atoms with E-state index in [-0.39, 0.29) is 11.6 Å². The van der Waals surface area contributed by atoms with Crippen molar-refractivity contribution < 1.29 is 52.7 Å². The van der Waals surface area contributed by atoms with Crippen molar-refractivity contribution in [1.82, 2.24) is 15.3 Å². The van der Waals surface area contributed by atoms with Crippen molar-refractivity contribution >= 4 is 33.5 Å². The molecule has 0 aromatic rings. The lowest BCUT2D eigenvalue weighted by atomic mass is 10.0. The molecule has 5 nitrogen and oxygen atoms in total. The average Bonchev–Trinajstić information content (AvgIpc) is 3.08. The molecule has 0 aromatic heterocycles. The van der Waals surface area contributed by atoms with Gasteiger partial charge in [-0.05, 0) is 32.3 Å². The van der Waals surface area contributed by atoms with Crippen molar-refractivity contribution in [3.05, 3.63) is 22.5 Å². The fourth-order valence-electron chi connectivity index (χ4n) is 3.75. The van der Waals surface area contributed by atoms with Crippen molar-refractivity contribution in [3.63, 3.8) is 0 Å². The molecule has 0 saturated heterocycles. The van der Waals surface area contributed by atoms with Gasteiger partial charge in [-0.15, -0.1) is 0 Å². The molecule has 206 valence electrons. The summed E-state index contributed by atoms with van der Waals surface area (Å²) in [5.41, 5.74) is -2.86. The van der Waals surface area contributed by atoms with Crippen LogP contribution in [-0.2, 0) is 0 Å². The van der Waals surface area contributed by atoms with Crippen molar-refractivity contribution in [1.29, 1.82) is 0 Å². The third kappa shape index (κ3) is 6.26. The van der Waals surface area contributed by atoms with E-state index in [4.69, 9.17) is 23.2 Å². The Kier molecular flexibility index (Phi) is 8.40. The molecule has 0 spiro atoms. The van der Waals surface area contributed by atoms with Crippen molar-refractivity contribution in [3.8, 4) is 0 Å². The highest BCUT2D eigenvalue weighted by Crippen LogP contribution is 2.49. The van der Waals surface area contributed by atoms with Crippen LogP contribution in [0.1, 0.15) is 26.7 Å². The van der Waals surface area contributed by atoms with Crippen LogP contribution in [0.3, 0.4) is 0 Å². The quantitative estimate of drug-likeness (QED) is 0.224. The molecule has 0 amide bonds. The minimum atomic E-state index is -5.39. The highest BCUT2D eigenvalue weighted by molar-refractivity contribution is 6.67. The number of hydrazone groups is 2. The van der Waals surface area contributed by atoms with Crippen LogP contribution in [0.4, 0.5) is 52.7 Å². The number of hydrogen-bond acceptors (Lipinski definition) is 5. The zero-order valence-corrected chi connectivity index (χ0v) is 19.4. The maximum absolute atomic E-state index is 14.0. The van der Waals surface area contributed by atoms with Gasteiger partial charge in [0.15, 0.2) is 6.04 Å². The summed E-state index contributed by atoms with van der Waals surface area (Å²) in [5.74, 6) is 0. The highest BCUT2D eigenvalue weighted by Gasteiger charge is 2.53. The summed E-state index contributed by atoms with van der Waals surface area (Å²) in [7, 11) is 0. The number of halogens is 14. The Labute approximate surface area is 205 Å². The van der Waals surface area contributed by atoms with Gasteiger partial charge in [-0.25, -0.2) is 5.01 Å². The second-order valence-corrected chi connectivity index (χ2v) is 8.07. The first-order valence-corrected chi connectivity index (χ1v) is 10.4. The Bertz CT molecular complexity index is 974. The second kappa shape index (κ2) is 10.0. The first-order chi connectivity index (χ1) is 16.1. The van der Waals surface area contributed by atoms with Gasteiger partial charge in [-0.2, -0.15) is 62.9 Å². The van der Waals surface area contributed by atoms with Crippen molar-refractivity contribution in [2.24, 2.45) is 10.2 Å². The minimum absolute atomic E-state index is 0.0875. The van der Waals surface area contributed by atoms with Crippen LogP contribution in [0, 0.1) is 0 Å². The number of nitrogens with one attached hydrogen (secondary N) is 1. The summed E-state index contributed by atoms with van der Waals surface area (Å²) in [6.07, 6.45) is -24.6. The average molecular weight is 588 g/mol. The van der Waals surface area contributed by atoms with Gasteiger partial charge in [0.05, 0.1) is 0 Å². The van der Waals surface area contributed by atoms with Crippen LogP contribution < -0.4 is 5.43 Å². The number of nitrogens with zero attached hydrogens (tertiary/aromatic N) is 4. The van der Waals surface area contributed by atoms with Crippen molar-refractivity contribution in [2.75, 3.05) is 6.54 Å². The van der Waals surface area contributed by atoms with Crippen LogP contribution in [0.15, 0.2) is 32.7 Å². The number of allylic oxidation sites excluding steroid dienone is 2. The molecule has 0 aromatic carbocycles. The van der Waals surface area contributed by atoms with E-state index in [1.807, 2.05) is 0 Å². The second-order valence-electron chi connectivity index (χ2n) is 7.35. The molecule has 0 radical (unpaired) electrons. The van der Waals surface area contributed by atoms with E-state index in [0.29, 0.717) is 0 Å². The maximum Gasteiger partial charge on any atom is 0.446 e. The lowest BCUT2D eigenvalue weighted by Gasteiger charge is -2.45. The summed E-state index contributed by atoms with van der Waals surface area (Å²) < 4.78 is 160. The zero-order chi connectivity index (χ0) is 28.0. The fraction of sp³-hybridized carbons (Fsp3) is 0.647. The van der Waals surface area contributed by atoms with Crippen LogP contribution in [-0.4, -0.2) is 63.7 Å². The van der Waals surface area contributed by atoms with Gasteiger partial charge >= 0.3 is 24.7 Å². The molecule has 19 heteroatoms. The van der Waals surface area contributed by atoms with Crippen molar-refractivity contribution in [2.45, 2.75) is 63.6 Å². The maximum atomic E-state index is 14.0. The van der Waals surface area contributed by atoms with E-state index < -0.39 is 82.6 Å². The van der Waals surface area contributed by atoms with Gasteiger partial charge in [-0.3, -0.25) is 5.43 Å². The summed E-state index contributed by atoms with van der Waals surface area (Å²) >= 11 is 9.88. The minimum Gasteiger partial charge on any atom is -0.350 e. The largest absolute Gasteiger partial charge is 0.446 e. The summed E-state index contributed by atoms with van der Waals surface area (Å²) in [4.78, 5) is 0.895. The number of alkyl halides is 12. The molecule has 36 heavy (non-hydrogen) atoms. The summed E-state index contributed by atoms with van der Waals surface area (Å²) in [6.45, 7) is 1.91. The molecule has 2 atom stereocenters. The Morgan fingerprint density at radius 2 is 1.47 bits per heavy atom. The molecule has 2 aliphatic rings. The molecule has 0 saturated carbocycles. The first-order valence-electron chi connectivity index (χ1n) is 9.65. The van der Waals surface area contributed by atoms with E-state index in [1.165, 1.54) is 12.3 Å². The molecular formula is C17H15Cl2F12N5. The third-order valence-electron chi connectivity index (χ3n) is 5.08. The molecule has 1 heterocycles. The van der Waals surface area contributed by atoms with Crippen LogP contribution >= 0.6 is 23.2 Å². The molecule has 0 fully saturated rings. The van der Waals surface area contributed by atoms with Gasteiger partial charge in [0, 0.05) is 17.8 Å². The molecule has 1 N–H and O–H groups in total. The van der Waals surface area contributed by atoms with Gasteiger partial charge in [0.1, 0.15) is 11.9 Å². The van der Waals surface area contributed by atoms with Crippen LogP contribution in [0.5, 0.6) is 0 Å². The van der Waals surface area contributed by atoms with Gasteiger partial charge in [0.25, 0.3) is 0 Å². The van der Waals surface area contributed by atoms with E-state index in [9.17, 15) is 52.7 Å². The lowest BCUT2D eigenvalue weighted by molar-refractivity contribution is -0.148. The molecule has 0 bridgehead atoms. The first kappa shape index (κ1) is 30.2. The Morgan fingerprint density at radius 1 is 0.944 bits per heavy atom. The zero-order valence-electron chi connectivity index (χ0n) is 17.9. The molecular weight excluding hydrogens is 573 g/mol. The third-order valence-corrected chi connectivity index (χ3v) is 5.67. The molecule has 2 unspecified atom stereocenters. The lowest BCUT2D eigenvalue weighted by Crippen LogP contribution is -2.52. The molecule has 2 rings (SSSR count). The Hall–Kier alpha value is -2.04. The van der Waals surface area contributed by atoms with Crippen LogP contribution in [0.2, 0.25) is 0 Å². The van der Waals surface area contributed by atoms with E-state index in [1.54, 1.807) is 0 Å². The fourth-order valence-corrected chi connectivity index (χ4v) is 3.88. The predicted molar refractivity (Wildman–Crippen MR) is 105 cm³/mol. The number of fused-ring (bicyclic) bond motifs is 1. The predicted octanol–water partition coefficient (Wildman–Crippen LogP) is 6.58. The Balaban J connectivity index is 2.81. The van der Waals surface area contributed by atoms with E-state index in [0.717, 1.165) is 11.8 Å². The molecule has 1 aliphatic heterocycles. The summed E-state index contributed by atoms with van der Waals surface area (Å²) in [5, 5.41) is 0.885. The highest BCUT2D eigenvalue weighted by atomic mass is 35.5. The monoisotopic (exact) mass is 587 g/mol. The van der Waals surface area contributed by atoms with Gasteiger partial charge < -0.3 is 4.90 Å². The topological polar surface area (TPSA) is 43.2 Å². The van der Waals surface area contributed by atoms with Gasteiger partial charge in [0.2, 0.25) is 10.3 Å². The normalized spacial score (nSPS) is 21.9. The van der Waals surface area contributed by atoms with Crippen LogP contribution in [0.25, 0.3) is 0 Å². The number of rotatable bonds is 5. The number of hydrogen-bond donors (Lipinski definition) is 1. The van der Waals surface area contributed by atoms with Gasteiger partial charge in [-0.1, -0.05) is 23.2 Å². The standard InChI is InChI=1S/C17H15Cl2F12N5/c1-3-35-6(2)36(34-13(19)17(29,30)31)11(15(23,24)25)8-5-4-7(9(8)35)10(14(20,21)22)32-33-12(18)16(26,27)28/h6,10,32H,3-5H2,1-2H3/b33-12-,34-13-. The Morgan fingerprint density at radius 3 is 1.89 bits per heavy atom. The smallest absolute Gasteiger partial charge is 0.350 e. The molecule has 1 aliphatic carbocycles.